The number of alkyl halides is 2. The SMILES string of the molecule is COc1ccc(-c2nnc(SC(F)F)n2/N=C\c2ccc([C@@H]3C[C@H]3C)o2)cc1. The van der Waals surface area contributed by atoms with Gasteiger partial charge < -0.3 is 9.15 Å². The van der Waals surface area contributed by atoms with Crippen molar-refractivity contribution >= 4 is 18.0 Å². The molecule has 1 aliphatic carbocycles. The van der Waals surface area contributed by atoms with Gasteiger partial charge in [0, 0.05) is 11.5 Å². The van der Waals surface area contributed by atoms with Crippen LogP contribution in [0.3, 0.4) is 0 Å². The summed E-state index contributed by atoms with van der Waals surface area (Å²) in [6, 6.07) is 10.8. The molecule has 1 aliphatic rings. The topological polar surface area (TPSA) is 65.4 Å². The molecule has 3 aromatic rings. The van der Waals surface area contributed by atoms with Crippen LogP contribution >= 0.6 is 11.8 Å². The lowest BCUT2D eigenvalue weighted by Crippen LogP contribution is -1.98. The third-order valence-corrected chi connectivity index (χ3v) is 5.22. The normalized spacial score (nSPS) is 18.9. The minimum atomic E-state index is -2.63. The van der Waals surface area contributed by atoms with Gasteiger partial charge in [0.15, 0.2) is 5.82 Å². The molecule has 4 rings (SSSR count). The van der Waals surface area contributed by atoms with Crippen molar-refractivity contribution in [2.24, 2.45) is 11.0 Å². The Morgan fingerprint density at radius 2 is 2.00 bits per heavy atom. The van der Waals surface area contributed by atoms with Crippen LogP contribution in [0.5, 0.6) is 5.75 Å². The highest BCUT2D eigenvalue weighted by Crippen LogP contribution is 2.47. The number of furan rings is 1. The number of hydrogen-bond donors (Lipinski definition) is 0. The van der Waals surface area contributed by atoms with Crippen LogP contribution in [0.2, 0.25) is 0 Å². The molecule has 0 spiro atoms. The third kappa shape index (κ3) is 3.94. The number of thioether (sulfide) groups is 1. The first-order valence-corrected chi connectivity index (χ1v) is 9.62. The van der Waals surface area contributed by atoms with Gasteiger partial charge in [0.05, 0.1) is 13.3 Å². The van der Waals surface area contributed by atoms with Crippen molar-refractivity contribution in [1.29, 1.82) is 0 Å². The molecule has 0 radical (unpaired) electrons. The second kappa shape index (κ2) is 7.75. The van der Waals surface area contributed by atoms with Crippen LogP contribution in [0.4, 0.5) is 8.78 Å². The fourth-order valence-electron chi connectivity index (χ4n) is 2.91. The first-order chi connectivity index (χ1) is 13.5. The molecule has 1 fully saturated rings. The number of benzene rings is 1. The highest BCUT2D eigenvalue weighted by atomic mass is 32.2. The summed E-state index contributed by atoms with van der Waals surface area (Å²) >= 11 is 0.291. The molecule has 0 bridgehead atoms. The zero-order valence-corrected chi connectivity index (χ0v) is 16.1. The standard InChI is InChI=1S/C19H18F2N4O2S/c1-11-9-15(11)16-8-7-14(27-16)10-22-25-17(23-24-19(25)28-18(20)21)12-3-5-13(26-2)6-4-12/h3-8,10-11,15,18H,9H2,1-2H3/b22-10-/t11-,15-/m1/s1. The van der Waals surface area contributed by atoms with E-state index in [4.69, 9.17) is 9.15 Å². The predicted molar refractivity (Wildman–Crippen MR) is 102 cm³/mol. The molecule has 0 N–H and O–H groups in total. The molecule has 1 aromatic carbocycles. The lowest BCUT2D eigenvalue weighted by Gasteiger charge is -2.05. The van der Waals surface area contributed by atoms with E-state index in [0.717, 1.165) is 12.2 Å². The van der Waals surface area contributed by atoms with E-state index in [0.29, 0.717) is 46.5 Å². The highest BCUT2D eigenvalue weighted by Gasteiger charge is 2.36. The van der Waals surface area contributed by atoms with E-state index in [1.807, 2.05) is 12.1 Å². The first-order valence-electron chi connectivity index (χ1n) is 8.74. The van der Waals surface area contributed by atoms with Crippen molar-refractivity contribution < 1.29 is 17.9 Å². The monoisotopic (exact) mass is 404 g/mol. The first kappa shape index (κ1) is 18.7. The van der Waals surface area contributed by atoms with Crippen molar-refractivity contribution in [2.45, 2.75) is 30.2 Å². The second-order valence-electron chi connectivity index (χ2n) is 6.53. The fraction of sp³-hybridized carbons (Fsp3) is 0.316. The van der Waals surface area contributed by atoms with Gasteiger partial charge in [-0.15, -0.1) is 10.2 Å². The third-order valence-electron chi connectivity index (χ3n) is 4.58. The Kier molecular flexibility index (Phi) is 5.17. The van der Waals surface area contributed by atoms with Gasteiger partial charge in [-0.1, -0.05) is 6.92 Å². The van der Waals surface area contributed by atoms with E-state index in [2.05, 4.69) is 22.2 Å². The van der Waals surface area contributed by atoms with E-state index in [9.17, 15) is 8.78 Å². The summed E-state index contributed by atoms with van der Waals surface area (Å²) in [6.07, 6.45) is 2.61. The lowest BCUT2D eigenvalue weighted by molar-refractivity contribution is 0.251. The number of aromatic nitrogens is 3. The van der Waals surface area contributed by atoms with Gasteiger partial charge in [-0.2, -0.15) is 18.6 Å². The van der Waals surface area contributed by atoms with Crippen LogP contribution in [-0.2, 0) is 0 Å². The van der Waals surface area contributed by atoms with Gasteiger partial charge >= 0.3 is 0 Å². The Hall–Kier alpha value is -2.68. The van der Waals surface area contributed by atoms with Crippen LogP contribution in [0.1, 0.15) is 30.8 Å². The van der Waals surface area contributed by atoms with E-state index in [1.165, 1.54) is 10.9 Å². The molecule has 2 heterocycles. The maximum Gasteiger partial charge on any atom is 0.291 e. The van der Waals surface area contributed by atoms with Crippen molar-refractivity contribution in [3.8, 4) is 17.1 Å². The maximum atomic E-state index is 12.9. The molecule has 28 heavy (non-hydrogen) atoms. The summed E-state index contributed by atoms with van der Waals surface area (Å²) in [7, 11) is 1.57. The number of hydrogen-bond acceptors (Lipinski definition) is 6. The summed E-state index contributed by atoms with van der Waals surface area (Å²) in [5, 5.41) is 12.2. The van der Waals surface area contributed by atoms with Gasteiger partial charge in [0.25, 0.3) is 5.76 Å². The van der Waals surface area contributed by atoms with Crippen molar-refractivity contribution in [2.75, 3.05) is 7.11 Å². The number of rotatable bonds is 7. The number of nitrogens with zero attached hydrogens (tertiary/aromatic N) is 4. The molecule has 0 aliphatic heterocycles. The Labute approximate surface area is 164 Å². The van der Waals surface area contributed by atoms with Crippen LogP contribution < -0.4 is 4.74 Å². The van der Waals surface area contributed by atoms with E-state index in [-0.39, 0.29) is 5.16 Å². The minimum absolute atomic E-state index is 0.000312. The smallest absolute Gasteiger partial charge is 0.291 e. The van der Waals surface area contributed by atoms with Crippen molar-refractivity contribution in [3.63, 3.8) is 0 Å². The Morgan fingerprint density at radius 1 is 1.25 bits per heavy atom. The fourth-order valence-corrected chi connectivity index (χ4v) is 3.39. The molecule has 0 saturated heterocycles. The van der Waals surface area contributed by atoms with E-state index >= 15 is 0 Å². The summed E-state index contributed by atoms with van der Waals surface area (Å²) in [4.78, 5) is 0. The van der Waals surface area contributed by atoms with E-state index in [1.54, 1.807) is 31.4 Å². The van der Waals surface area contributed by atoms with Gasteiger partial charge in [-0.05, 0) is 60.5 Å². The molecule has 9 heteroatoms. The number of halogens is 2. The van der Waals surface area contributed by atoms with Crippen LogP contribution in [0.25, 0.3) is 11.4 Å². The van der Waals surface area contributed by atoms with Crippen LogP contribution in [-0.4, -0.2) is 34.0 Å². The highest BCUT2D eigenvalue weighted by molar-refractivity contribution is 7.99. The molecule has 2 atom stereocenters. The number of methoxy groups -OCH3 is 1. The van der Waals surface area contributed by atoms with Crippen molar-refractivity contribution in [1.82, 2.24) is 14.9 Å². The predicted octanol–water partition coefficient (Wildman–Crippen LogP) is 4.87. The van der Waals surface area contributed by atoms with Gasteiger partial charge in [-0.25, -0.2) is 0 Å². The largest absolute Gasteiger partial charge is 0.497 e. The maximum absolute atomic E-state index is 12.9. The summed E-state index contributed by atoms with van der Waals surface area (Å²) in [5.41, 5.74) is 0.679. The quantitative estimate of drug-likeness (QED) is 0.415. The van der Waals surface area contributed by atoms with Crippen LogP contribution in [0, 0.1) is 5.92 Å². The molecular formula is C19H18F2N4O2S. The zero-order valence-electron chi connectivity index (χ0n) is 15.3. The molecule has 1 saturated carbocycles. The lowest BCUT2D eigenvalue weighted by atomic mass is 10.2. The Bertz CT molecular complexity index is 984. The molecule has 0 amide bonds. The van der Waals surface area contributed by atoms with Crippen LogP contribution in [0.15, 0.2) is 51.1 Å². The van der Waals surface area contributed by atoms with Gasteiger partial charge in [-0.3, -0.25) is 0 Å². The summed E-state index contributed by atoms with van der Waals surface area (Å²) in [5.74, 6) is 0.962. The van der Waals surface area contributed by atoms with Gasteiger partial charge in [0.1, 0.15) is 17.3 Å². The molecule has 0 unspecified atom stereocenters. The minimum Gasteiger partial charge on any atom is -0.497 e. The Balaban J connectivity index is 1.64. The van der Waals surface area contributed by atoms with Crippen molar-refractivity contribution in [3.05, 3.63) is 47.9 Å². The number of ether oxygens (including phenoxy) is 1. The average Bonchev–Trinajstić information content (AvgIpc) is 3.07. The van der Waals surface area contributed by atoms with E-state index < -0.39 is 5.76 Å². The molecule has 6 nitrogen and oxygen atoms in total. The molecular weight excluding hydrogens is 386 g/mol. The second-order valence-corrected chi connectivity index (χ2v) is 7.49. The molecule has 2 aromatic heterocycles. The Morgan fingerprint density at radius 3 is 2.64 bits per heavy atom. The summed E-state index contributed by atoms with van der Waals surface area (Å²) in [6.45, 7) is 2.17. The average molecular weight is 404 g/mol. The molecule has 146 valence electrons. The van der Waals surface area contributed by atoms with Gasteiger partial charge in [0.2, 0.25) is 5.16 Å². The zero-order chi connectivity index (χ0) is 19.7. The summed E-state index contributed by atoms with van der Waals surface area (Å²) < 4.78 is 38.0.